The molecule has 0 unspecified atom stereocenters. The Kier molecular flexibility index (Phi) is 1.78. The standard InChI is InChI=1S/C5H8O5/c6-3-1-2-5(8)9-4(7)10-5/h6,8H,1-3H2. The van der Waals surface area contributed by atoms with Gasteiger partial charge in [0.05, 0.1) is 6.42 Å². The van der Waals surface area contributed by atoms with E-state index >= 15 is 0 Å². The Labute approximate surface area is 57.2 Å². The van der Waals surface area contributed by atoms with Crippen LogP contribution in [0.25, 0.3) is 0 Å². The van der Waals surface area contributed by atoms with Crippen molar-refractivity contribution in [3.8, 4) is 0 Å². The lowest BCUT2D eigenvalue weighted by Gasteiger charge is -2.33. The van der Waals surface area contributed by atoms with Gasteiger partial charge in [-0.05, 0) is 6.42 Å². The Morgan fingerprint density at radius 2 is 2.10 bits per heavy atom. The summed E-state index contributed by atoms with van der Waals surface area (Å²) in [4.78, 5) is 10.0. The van der Waals surface area contributed by atoms with Crippen LogP contribution >= 0.6 is 0 Å². The first kappa shape index (κ1) is 7.30. The highest BCUT2D eigenvalue weighted by Gasteiger charge is 2.46. The first-order valence-electron chi connectivity index (χ1n) is 2.91. The maximum Gasteiger partial charge on any atom is 0.518 e. The fraction of sp³-hybridized carbons (Fsp3) is 0.800. The minimum Gasteiger partial charge on any atom is -0.396 e. The molecule has 1 aliphatic rings. The van der Waals surface area contributed by atoms with E-state index in [2.05, 4.69) is 9.47 Å². The SMILES string of the molecule is O=C1OC(O)(CCCO)O1. The maximum atomic E-state index is 10.0. The van der Waals surface area contributed by atoms with Crippen molar-refractivity contribution in [3.63, 3.8) is 0 Å². The number of carbonyl (C=O) groups is 1. The Morgan fingerprint density at radius 1 is 1.50 bits per heavy atom. The summed E-state index contributed by atoms with van der Waals surface area (Å²) >= 11 is 0. The Morgan fingerprint density at radius 3 is 2.50 bits per heavy atom. The van der Waals surface area contributed by atoms with Crippen LogP contribution in [0.3, 0.4) is 0 Å². The van der Waals surface area contributed by atoms with Gasteiger partial charge in [-0.15, -0.1) is 0 Å². The van der Waals surface area contributed by atoms with Crippen LogP contribution in [0.1, 0.15) is 12.8 Å². The third-order valence-electron chi connectivity index (χ3n) is 1.14. The van der Waals surface area contributed by atoms with Crippen LogP contribution in [0.5, 0.6) is 0 Å². The summed E-state index contributed by atoms with van der Waals surface area (Å²) in [5, 5.41) is 17.2. The second-order valence-electron chi connectivity index (χ2n) is 1.99. The van der Waals surface area contributed by atoms with Gasteiger partial charge in [-0.2, -0.15) is 0 Å². The van der Waals surface area contributed by atoms with E-state index in [0.29, 0.717) is 6.42 Å². The predicted molar refractivity (Wildman–Crippen MR) is 28.8 cm³/mol. The molecule has 5 heteroatoms. The molecule has 0 bridgehead atoms. The minimum absolute atomic E-state index is 0.0662. The van der Waals surface area contributed by atoms with E-state index in [1.54, 1.807) is 0 Å². The zero-order valence-corrected chi connectivity index (χ0v) is 5.24. The van der Waals surface area contributed by atoms with Crippen molar-refractivity contribution in [2.45, 2.75) is 18.8 Å². The van der Waals surface area contributed by atoms with Gasteiger partial charge in [-0.25, -0.2) is 4.79 Å². The van der Waals surface area contributed by atoms with Gasteiger partial charge in [0.25, 0.3) is 0 Å². The van der Waals surface area contributed by atoms with Crippen molar-refractivity contribution < 1.29 is 24.5 Å². The van der Waals surface area contributed by atoms with E-state index in [1.807, 2.05) is 0 Å². The van der Waals surface area contributed by atoms with Crippen LogP contribution in [-0.2, 0) is 9.47 Å². The molecule has 1 fully saturated rings. The molecule has 1 aliphatic heterocycles. The molecule has 0 aromatic rings. The van der Waals surface area contributed by atoms with Crippen molar-refractivity contribution >= 4 is 6.16 Å². The predicted octanol–water partition coefficient (Wildman–Crippen LogP) is -0.428. The van der Waals surface area contributed by atoms with Crippen molar-refractivity contribution in [2.24, 2.45) is 0 Å². The molecule has 58 valence electrons. The highest BCUT2D eigenvalue weighted by molar-refractivity contribution is 5.64. The molecule has 0 radical (unpaired) electrons. The van der Waals surface area contributed by atoms with Crippen molar-refractivity contribution in [1.82, 2.24) is 0 Å². The van der Waals surface area contributed by atoms with E-state index < -0.39 is 12.1 Å². The summed E-state index contributed by atoms with van der Waals surface area (Å²) in [7, 11) is 0. The number of carbonyl (C=O) groups excluding carboxylic acids is 1. The molecule has 0 spiro atoms. The number of ether oxygens (including phenoxy) is 2. The second kappa shape index (κ2) is 2.43. The Balaban J connectivity index is 2.21. The Bertz CT molecular complexity index is 135. The molecule has 0 aromatic carbocycles. The molecule has 1 saturated heterocycles. The number of aliphatic hydroxyl groups excluding tert-OH is 1. The fourth-order valence-electron chi connectivity index (χ4n) is 0.673. The molecular weight excluding hydrogens is 140 g/mol. The molecule has 0 atom stereocenters. The lowest BCUT2D eigenvalue weighted by Crippen LogP contribution is -2.50. The lowest BCUT2D eigenvalue weighted by atomic mass is 10.3. The molecule has 10 heavy (non-hydrogen) atoms. The molecule has 0 aromatic heterocycles. The highest BCUT2D eigenvalue weighted by Crippen LogP contribution is 2.26. The van der Waals surface area contributed by atoms with Gasteiger partial charge in [-0.1, -0.05) is 0 Å². The number of aliphatic hydroxyl groups is 2. The van der Waals surface area contributed by atoms with Gasteiger partial charge in [0.1, 0.15) is 0 Å². The third-order valence-corrected chi connectivity index (χ3v) is 1.14. The Hall–Kier alpha value is -0.810. The fourth-order valence-corrected chi connectivity index (χ4v) is 0.673. The second-order valence-corrected chi connectivity index (χ2v) is 1.99. The minimum atomic E-state index is -1.76. The summed E-state index contributed by atoms with van der Waals surface area (Å²) in [6, 6.07) is 0. The quantitative estimate of drug-likeness (QED) is 0.531. The van der Waals surface area contributed by atoms with E-state index in [0.717, 1.165) is 0 Å². The van der Waals surface area contributed by atoms with Crippen LogP contribution < -0.4 is 0 Å². The average molecular weight is 148 g/mol. The van der Waals surface area contributed by atoms with Gasteiger partial charge in [0.15, 0.2) is 0 Å². The van der Waals surface area contributed by atoms with Gasteiger partial charge >= 0.3 is 12.1 Å². The first-order chi connectivity index (χ1) is 4.66. The normalized spacial score (nSPS) is 20.8. The van der Waals surface area contributed by atoms with Crippen LogP contribution in [0, 0.1) is 0 Å². The smallest absolute Gasteiger partial charge is 0.396 e. The van der Waals surface area contributed by atoms with Gasteiger partial charge < -0.3 is 19.7 Å². The van der Waals surface area contributed by atoms with E-state index in [-0.39, 0.29) is 13.0 Å². The molecule has 1 heterocycles. The molecule has 2 N–H and O–H groups in total. The molecule has 0 aliphatic carbocycles. The number of rotatable bonds is 3. The zero-order valence-electron chi connectivity index (χ0n) is 5.24. The number of hydrogen-bond acceptors (Lipinski definition) is 5. The van der Waals surface area contributed by atoms with Crippen LogP contribution in [0.15, 0.2) is 0 Å². The zero-order chi connectivity index (χ0) is 7.61. The molecule has 5 nitrogen and oxygen atoms in total. The molecular formula is C5H8O5. The van der Waals surface area contributed by atoms with Crippen LogP contribution in [0.2, 0.25) is 0 Å². The highest BCUT2D eigenvalue weighted by atomic mass is 17.0. The first-order valence-corrected chi connectivity index (χ1v) is 2.91. The summed E-state index contributed by atoms with van der Waals surface area (Å²) in [6.07, 6.45) is -0.431. The van der Waals surface area contributed by atoms with E-state index in [1.165, 1.54) is 0 Å². The van der Waals surface area contributed by atoms with Crippen LogP contribution in [0.4, 0.5) is 4.79 Å². The van der Waals surface area contributed by atoms with Crippen LogP contribution in [-0.4, -0.2) is 28.9 Å². The summed E-state index contributed by atoms with van der Waals surface area (Å²) in [5.41, 5.74) is 0. The van der Waals surface area contributed by atoms with Gasteiger partial charge in [0.2, 0.25) is 0 Å². The van der Waals surface area contributed by atoms with Crippen molar-refractivity contribution in [2.75, 3.05) is 6.61 Å². The third kappa shape index (κ3) is 1.37. The van der Waals surface area contributed by atoms with Gasteiger partial charge in [-0.3, -0.25) is 0 Å². The number of hydrogen-bond donors (Lipinski definition) is 2. The largest absolute Gasteiger partial charge is 0.518 e. The van der Waals surface area contributed by atoms with Gasteiger partial charge in [0, 0.05) is 6.61 Å². The summed E-state index contributed by atoms with van der Waals surface area (Å²) in [5.74, 6) is -1.76. The maximum absolute atomic E-state index is 10.0. The summed E-state index contributed by atoms with van der Waals surface area (Å²) in [6.45, 7) is -0.0662. The molecule has 0 amide bonds. The van der Waals surface area contributed by atoms with Crippen molar-refractivity contribution in [3.05, 3.63) is 0 Å². The van der Waals surface area contributed by atoms with E-state index in [4.69, 9.17) is 10.2 Å². The monoisotopic (exact) mass is 148 g/mol. The molecule has 1 rings (SSSR count). The van der Waals surface area contributed by atoms with E-state index in [9.17, 15) is 4.79 Å². The average Bonchev–Trinajstić information content (AvgIpc) is 1.81. The van der Waals surface area contributed by atoms with Crippen molar-refractivity contribution in [1.29, 1.82) is 0 Å². The number of cyclic esters (lactones) is 2. The molecule has 0 saturated carbocycles. The topological polar surface area (TPSA) is 76.0 Å². The lowest BCUT2D eigenvalue weighted by molar-refractivity contribution is -0.388. The summed E-state index contributed by atoms with van der Waals surface area (Å²) < 4.78 is 8.42.